The van der Waals surface area contributed by atoms with Crippen molar-refractivity contribution in [3.05, 3.63) is 107 Å². The minimum absolute atomic E-state index is 0.0486. The van der Waals surface area contributed by atoms with Gasteiger partial charge in [-0.05, 0) is 54.4 Å². The Kier molecular flexibility index (Phi) is 6.73. The first kappa shape index (κ1) is 24.7. The lowest BCUT2D eigenvalue weighted by atomic mass is 10.1. The molecule has 1 aliphatic rings. The smallest absolute Gasteiger partial charge is 0.335 e. The molecular weight excluding hydrogens is 499 g/mol. The van der Waals surface area contributed by atoms with Gasteiger partial charge in [-0.1, -0.05) is 18.2 Å². The molecule has 1 fully saturated rings. The number of carbonyl (C=O) groups is 1. The van der Waals surface area contributed by atoms with Crippen LogP contribution in [-0.2, 0) is 24.3 Å². The van der Waals surface area contributed by atoms with Crippen molar-refractivity contribution in [1.82, 2.24) is 19.5 Å². The van der Waals surface area contributed by atoms with Gasteiger partial charge in [0.2, 0.25) is 5.88 Å². The van der Waals surface area contributed by atoms with Gasteiger partial charge < -0.3 is 19.1 Å². The van der Waals surface area contributed by atoms with Crippen LogP contribution in [0.2, 0.25) is 0 Å². The number of halogens is 1. The van der Waals surface area contributed by atoms with E-state index in [2.05, 4.69) is 9.97 Å². The minimum atomic E-state index is -0.996. The first-order chi connectivity index (χ1) is 19.0. The number of carboxylic acid groups (broad SMARTS) is 1. The highest BCUT2D eigenvalue weighted by molar-refractivity contribution is 5.92. The van der Waals surface area contributed by atoms with Crippen molar-refractivity contribution in [2.45, 2.75) is 32.1 Å². The summed E-state index contributed by atoms with van der Waals surface area (Å²) in [6.07, 6.45) is 4.78. The number of nitrogens with zero attached hydrogens (tertiary/aromatic N) is 4. The quantitative estimate of drug-likeness (QED) is 0.280. The molecule has 9 heteroatoms. The van der Waals surface area contributed by atoms with Crippen molar-refractivity contribution >= 4 is 17.0 Å². The molecule has 5 aromatic rings. The molecule has 0 aliphatic carbocycles. The summed E-state index contributed by atoms with van der Waals surface area (Å²) in [4.78, 5) is 24.8. The molecule has 4 heterocycles. The minimum Gasteiger partial charge on any atom is -0.478 e. The highest BCUT2D eigenvalue weighted by atomic mass is 19.1. The van der Waals surface area contributed by atoms with Gasteiger partial charge in [-0.15, -0.1) is 0 Å². The molecule has 0 bridgehead atoms. The van der Waals surface area contributed by atoms with Crippen LogP contribution in [0.25, 0.3) is 22.3 Å². The largest absolute Gasteiger partial charge is 0.478 e. The summed E-state index contributed by atoms with van der Waals surface area (Å²) >= 11 is 0. The molecule has 8 nitrogen and oxygen atoms in total. The third-order valence-electron chi connectivity index (χ3n) is 6.76. The summed E-state index contributed by atoms with van der Waals surface area (Å²) < 4.78 is 28.7. The predicted molar refractivity (Wildman–Crippen MR) is 142 cm³/mol. The van der Waals surface area contributed by atoms with Crippen LogP contribution in [0.15, 0.2) is 79.1 Å². The predicted octanol–water partition coefficient (Wildman–Crippen LogP) is 5.29. The number of hydrogen-bond donors (Lipinski definition) is 1. The fourth-order valence-electron chi connectivity index (χ4n) is 4.62. The number of benzene rings is 2. The molecule has 0 spiro atoms. The Labute approximate surface area is 223 Å². The van der Waals surface area contributed by atoms with Crippen molar-refractivity contribution in [2.75, 3.05) is 6.61 Å². The van der Waals surface area contributed by atoms with Crippen LogP contribution in [0, 0.1) is 5.82 Å². The summed E-state index contributed by atoms with van der Waals surface area (Å²) in [5.74, 6) is -0.280. The third kappa shape index (κ3) is 5.35. The van der Waals surface area contributed by atoms with E-state index in [1.54, 1.807) is 54.9 Å². The van der Waals surface area contributed by atoms with Gasteiger partial charge in [0.15, 0.2) is 0 Å². The molecule has 2 aromatic carbocycles. The number of imidazole rings is 1. The van der Waals surface area contributed by atoms with Crippen LogP contribution in [0.1, 0.15) is 33.7 Å². The maximum absolute atomic E-state index is 15.3. The summed E-state index contributed by atoms with van der Waals surface area (Å²) in [5, 5.41) is 9.45. The second-order valence-electron chi connectivity index (χ2n) is 9.43. The van der Waals surface area contributed by atoms with E-state index in [1.807, 2.05) is 22.8 Å². The molecule has 6 rings (SSSR count). The Bertz CT molecular complexity index is 1650. The highest BCUT2D eigenvalue weighted by Gasteiger charge is 2.23. The Morgan fingerprint density at radius 3 is 2.72 bits per heavy atom. The molecule has 0 amide bonds. The van der Waals surface area contributed by atoms with E-state index in [0.29, 0.717) is 48.8 Å². The SMILES string of the molecule is O=C(O)c1ccc2nc(Cc3ccc(-c4cccc(OCc5cccnc5)n4)c(F)c3)n(CC3CCO3)c2c1. The van der Waals surface area contributed by atoms with Crippen molar-refractivity contribution in [3.63, 3.8) is 0 Å². The molecule has 3 aromatic heterocycles. The van der Waals surface area contributed by atoms with Gasteiger partial charge in [0.05, 0.1) is 34.9 Å². The van der Waals surface area contributed by atoms with Crippen molar-refractivity contribution in [2.24, 2.45) is 0 Å². The number of ether oxygens (including phenoxy) is 2. The monoisotopic (exact) mass is 524 g/mol. The number of fused-ring (bicyclic) bond motifs is 1. The van der Waals surface area contributed by atoms with E-state index in [4.69, 9.17) is 14.5 Å². The molecule has 1 saturated heterocycles. The fourth-order valence-corrected chi connectivity index (χ4v) is 4.62. The normalized spacial score (nSPS) is 14.7. The van der Waals surface area contributed by atoms with Crippen LogP contribution >= 0.6 is 0 Å². The van der Waals surface area contributed by atoms with E-state index < -0.39 is 11.8 Å². The first-order valence-electron chi connectivity index (χ1n) is 12.6. The van der Waals surface area contributed by atoms with Crippen LogP contribution in [-0.4, -0.2) is 43.3 Å². The van der Waals surface area contributed by atoms with Gasteiger partial charge in [0.25, 0.3) is 0 Å². The number of hydrogen-bond acceptors (Lipinski definition) is 6. The van der Waals surface area contributed by atoms with E-state index >= 15 is 4.39 Å². The Hall–Kier alpha value is -4.63. The summed E-state index contributed by atoms with van der Waals surface area (Å²) in [7, 11) is 0. The lowest BCUT2D eigenvalue weighted by molar-refractivity contribution is -0.0589. The second-order valence-corrected chi connectivity index (χ2v) is 9.43. The van der Waals surface area contributed by atoms with Gasteiger partial charge in [-0.2, -0.15) is 0 Å². The standard InChI is InChI=1S/C30H25FN4O4/c31-24-13-19(6-8-23(24)25-4-1-5-29(34-25)39-18-20-3-2-11-32-16-20)14-28-33-26-9-7-21(30(36)37)15-27(26)35(28)17-22-10-12-38-22/h1-9,11,13,15-16,22H,10,12,14,17-18H2,(H,36,37). The van der Waals surface area contributed by atoms with E-state index in [-0.39, 0.29) is 11.7 Å². The molecule has 196 valence electrons. The average molecular weight is 525 g/mol. The number of pyridine rings is 2. The summed E-state index contributed by atoms with van der Waals surface area (Å²) in [5.41, 5.74) is 4.10. The zero-order valence-electron chi connectivity index (χ0n) is 21.0. The molecule has 0 saturated carbocycles. The Morgan fingerprint density at radius 2 is 1.97 bits per heavy atom. The third-order valence-corrected chi connectivity index (χ3v) is 6.76. The zero-order chi connectivity index (χ0) is 26.8. The zero-order valence-corrected chi connectivity index (χ0v) is 21.0. The molecule has 39 heavy (non-hydrogen) atoms. The van der Waals surface area contributed by atoms with Crippen LogP contribution < -0.4 is 4.74 Å². The molecule has 1 unspecified atom stereocenters. The van der Waals surface area contributed by atoms with Gasteiger partial charge >= 0.3 is 5.97 Å². The van der Waals surface area contributed by atoms with Gasteiger partial charge in [-0.25, -0.2) is 19.2 Å². The maximum atomic E-state index is 15.3. The van der Waals surface area contributed by atoms with Gasteiger partial charge in [0.1, 0.15) is 18.2 Å². The average Bonchev–Trinajstić information content (AvgIpc) is 3.26. The van der Waals surface area contributed by atoms with Gasteiger partial charge in [-0.3, -0.25) is 4.98 Å². The summed E-state index contributed by atoms with van der Waals surface area (Å²) in [6.45, 7) is 1.58. The van der Waals surface area contributed by atoms with Gasteiger partial charge in [0, 0.05) is 42.6 Å². The lowest BCUT2D eigenvalue weighted by Gasteiger charge is -2.27. The second kappa shape index (κ2) is 10.6. The fraction of sp³-hybridized carbons (Fsp3) is 0.200. The van der Waals surface area contributed by atoms with Crippen molar-refractivity contribution < 1.29 is 23.8 Å². The topological polar surface area (TPSA) is 99.4 Å². The summed E-state index contributed by atoms with van der Waals surface area (Å²) in [6, 6.07) is 18.9. The number of rotatable bonds is 9. The molecule has 1 aliphatic heterocycles. The van der Waals surface area contributed by atoms with Crippen molar-refractivity contribution in [3.8, 4) is 17.1 Å². The lowest BCUT2D eigenvalue weighted by Crippen LogP contribution is -2.31. The number of aromatic carboxylic acids is 1. The van der Waals surface area contributed by atoms with Crippen molar-refractivity contribution in [1.29, 1.82) is 0 Å². The first-order valence-corrected chi connectivity index (χ1v) is 12.6. The van der Waals surface area contributed by atoms with E-state index in [0.717, 1.165) is 28.9 Å². The number of carboxylic acids is 1. The molecule has 1 atom stereocenters. The Morgan fingerprint density at radius 1 is 1.08 bits per heavy atom. The molecule has 1 N–H and O–H groups in total. The van der Waals surface area contributed by atoms with E-state index in [9.17, 15) is 9.90 Å². The van der Waals surface area contributed by atoms with E-state index in [1.165, 1.54) is 6.07 Å². The molecule has 0 radical (unpaired) electrons. The van der Waals surface area contributed by atoms with Crippen LogP contribution in [0.5, 0.6) is 5.88 Å². The van der Waals surface area contributed by atoms with Crippen LogP contribution in [0.3, 0.4) is 0 Å². The molecular formula is C30H25FN4O4. The Balaban J connectivity index is 1.25. The maximum Gasteiger partial charge on any atom is 0.335 e. The number of aromatic nitrogens is 4. The highest BCUT2D eigenvalue weighted by Crippen LogP contribution is 2.27. The van der Waals surface area contributed by atoms with Crippen LogP contribution in [0.4, 0.5) is 4.39 Å².